The minimum atomic E-state index is 0. The molecule has 0 radical (unpaired) electrons. The van der Waals surface area contributed by atoms with Crippen molar-refractivity contribution in [1.29, 1.82) is 0 Å². The molecule has 1 aromatic rings. The molecule has 1 saturated heterocycles. The largest absolute Gasteiger partial charge is 0.299 e. The Morgan fingerprint density at radius 2 is 1.95 bits per heavy atom. The molecule has 116 valence electrons. The number of piperidine rings is 1. The number of aliphatic imine (C=N–C) groups is 1. The second-order valence-electron chi connectivity index (χ2n) is 5.60. The number of carbonyl (C=O) groups excluding carboxylic acids is 1. The molecule has 3 nitrogen and oxygen atoms in total. The molecule has 0 spiro atoms. The summed E-state index contributed by atoms with van der Waals surface area (Å²) in [7, 11) is 1.65. The summed E-state index contributed by atoms with van der Waals surface area (Å²) >= 11 is 0. The van der Waals surface area contributed by atoms with Crippen LogP contribution in [0.25, 0.3) is 0 Å². The highest BCUT2D eigenvalue weighted by molar-refractivity contribution is 6.27. The summed E-state index contributed by atoms with van der Waals surface area (Å²) in [6.07, 6.45) is 5.54. The molecule has 2 rings (SSSR count). The summed E-state index contributed by atoms with van der Waals surface area (Å²) in [5.41, 5.74) is 1.39. The Labute approximate surface area is 133 Å². The molecule has 0 aliphatic carbocycles. The average molecular weight is 309 g/mol. The molecular weight excluding hydrogens is 284 g/mol. The lowest BCUT2D eigenvalue weighted by Gasteiger charge is -2.31. The maximum absolute atomic E-state index is 11.4. The minimum absolute atomic E-state index is 0. The Morgan fingerprint density at radius 3 is 2.57 bits per heavy atom. The van der Waals surface area contributed by atoms with Gasteiger partial charge in [-0.2, -0.15) is 0 Å². The number of likely N-dealkylation sites (tertiary alicyclic amines) is 1. The van der Waals surface area contributed by atoms with E-state index in [0.29, 0.717) is 12.3 Å². The SMILES string of the molecule is CN=CC(=O)CCC1CCN(Cc2ccccc2)CC1.Cl. The molecule has 0 aromatic heterocycles. The van der Waals surface area contributed by atoms with Gasteiger partial charge in [0.2, 0.25) is 0 Å². The van der Waals surface area contributed by atoms with Crippen molar-refractivity contribution in [1.82, 2.24) is 4.90 Å². The van der Waals surface area contributed by atoms with Crippen molar-refractivity contribution in [2.24, 2.45) is 10.9 Å². The molecule has 0 unspecified atom stereocenters. The fourth-order valence-electron chi connectivity index (χ4n) is 2.83. The third-order valence-electron chi connectivity index (χ3n) is 4.03. The van der Waals surface area contributed by atoms with Gasteiger partial charge in [-0.1, -0.05) is 30.3 Å². The fraction of sp³-hybridized carbons (Fsp3) is 0.529. The lowest BCUT2D eigenvalue weighted by Crippen LogP contribution is -2.33. The molecule has 21 heavy (non-hydrogen) atoms. The van der Waals surface area contributed by atoms with E-state index in [0.717, 1.165) is 26.1 Å². The first kappa shape index (κ1) is 17.9. The number of hydrogen-bond donors (Lipinski definition) is 0. The maximum Gasteiger partial charge on any atom is 0.173 e. The van der Waals surface area contributed by atoms with Crippen molar-refractivity contribution in [3.8, 4) is 0 Å². The number of rotatable bonds is 6. The van der Waals surface area contributed by atoms with E-state index in [4.69, 9.17) is 0 Å². The number of ketones is 1. The maximum atomic E-state index is 11.4. The quantitative estimate of drug-likeness (QED) is 0.755. The molecule has 0 atom stereocenters. The van der Waals surface area contributed by atoms with Gasteiger partial charge in [0.15, 0.2) is 5.78 Å². The number of Topliss-reactive ketones (excluding diaryl/α,β-unsaturated/α-hetero) is 1. The van der Waals surface area contributed by atoms with Crippen molar-refractivity contribution < 1.29 is 4.79 Å². The zero-order valence-electron chi connectivity index (χ0n) is 12.7. The van der Waals surface area contributed by atoms with Crippen LogP contribution in [0.4, 0.5) is 0 Å². The van der Waals surface area contributed by atoms with Gasteiger partial charge in [-0.25, -0.2) is 0 Å². The van der Waals surface area contributed by atoms with Gasteiger partial charge >= 0.3 is 0 Å². The van der Waals surface area contributed by atoms with Crippen LogP contribution >= 0.6 is 12.4 Å². The number of nitrogens with zero attached hydrogens (tertiary/aromatic N) is 2. The van der Waals surface area contributed by atoms with Gasteiger partial charge in [0.25, 0.3) is 0 Å². The fourth-order valence-corrected chi connectivity index (χ4v) is 2.83. The minimum Gasteiger partial charge on any atom is -0.299 e. The Balaban J connectivity index is 0.00000220. The van der Waals surface area contributed by atoms with Crippen LogP contribution in [0.5, 0.6) is 0 Å². The zero-order chi connectivity index (χ0) is 14.2. The van der Waals surface area contributed by atoms with Gasteiger partial charge in [0.1, 0.15) is 0 Å². The van der Waals surface area contributed by atoms with E-state index < -0.39 is 0 Å². The Bertz CT molecular complexity index is 439. The van der Waals surface area contributed by atoms with Gasteiger partial charge in [-0.05, 0) is 43.8 Å². The van der Waals surface area contributed by atoms with Gasteiger partial charge < -0.3 is 0 Å². The Kier molecular flexibility index (Phi) is 8.24. The average Bonchev–Trinajstić information content (AvgIpc) is 2.48. The Morgan fingerprint density at radius 1 is 1.29 bits per heavy atom. The lowest BCUT2D eigenvalue weighted by molar-refractivity contribution is -0.112. The third-order valence-corrected chi connectivity index (χ3v) is 4.03. The van der Waals surface area contributed by atoms with Crippen LogP contribution < -0.4 is 0 Å². The van der Waals surface area contributed by atoms with Crippen LogP contribution in [0.1, 0.15) is 31.2 Å². The molecule has 0 bridgehead atoms. The van der Waals surface area contributed by atoms with Crippen LogP contribution in [0.3, 0.4) is 0 Å². The van der Waals surface area contributed by atoms with E-state index in [9.17, 15) is 4.79 Å². The third kappa shape index (κ3) is 6.40. The van der Waals surface area contributed by atoms with Crippen LogP contribution in [0.2, 0.25) is 0 Å². The van der Waals surface area contributed by atoms with E-state index in [1.165, 1.54) is 24.6 Å². The molecule has 1 aromatic carbocycles. The molecule has 1 heterocycles. The first-order valence-electron chi connectivity index (χ1n) is 7.49. The van der Waals surface area contributed by atoms with Crippen LogP contribution in [-0.4, -0.2) is 37.0 Å². The first-order valence-corrected chi connectivity index (χ1v) is 7.49. The molecule has 0 N–H and O–H groups in total. The molecule has 1 aliphatic heterocycles. The van der Waals surface area contributed by atoms with Gasteiger partial charge in [0, 0.05) is 20.0 Å². The summed E-state index contributed by atoms with van der Waals surface area (Å²) < 4.78 is 0. The second-order valence-corrected chi connectivity index (χ2v) is 5.60. The van der Waals surface area contributed by atoms with Crippen molar-refractivity contribution in [2.75, 3.05) is 20.1 Å². The van der Waals surface area contributed by atoms with Crippen molar-refractivity contribution >= 4 is 24.4 Å². The Hall–Kier alpha value is -1.19. The van der Waals surface area contributed by atoms with Gasteiger partial charge in [-0.3, -0.25) is 14.7 Å². The topological polar surface area (TPSA) is 32.7 Å². The van der Waals surface area contributed by atoms with Crippen LogP contribution in [-0.2, 0) is 11.3 Å². The van der Waals surface area contributed by atoms with Gasteiger partial charge in [0.05, 0.1) is 6.21 Å². The first-order chi connectivity index (χ1) is 9.78. The second kappa shape index (κ2) is 9.69. The molecule has 0 amide bonds. The van der Waals surface area contributed by atoms with E-state index in [2.05, 4.69) is 40.2 Å². The predicted octanol–water partition coefficient (Wildman–Crippen LogP) is 3.37. The number of benzene rings is 1. The number of carbonyl (C=O) groups is 1. The molecule has 1 fully saturated rings. The van der Waals surface area contributed by atoms with Crippen LogP contribution in [0, 0.1) is 5.92 Å². The van der Waals surface area contributed by atoms with E-state index in [-0.39, 0.29) is 18.2 Å². The number of hydrogen-bond acceptors (Lipinski definition) is 3. The van der Waals surface area contributed by atoms with E-state index in [1.807, 2.05) is 0 Å². The molecule has 0 saturated carbocycles. The van der Waals surface area contributed by atoms with Gasteiger partial charge in [-0.15, -0.1) is 12.4 Å². The van der Waals surface area contributed by atoms with Crippen LogP contribution in [0.15, 0.2) is 35.3 Å². The predicted molar refractivity (Wildman–Crippen MR) is 90.3 cm³/mol. The zero-order valence-corrected chi connectivity index (χ0v) is 13.5. The van der Waals surface area contributed by atoms with Crippen molar-refractivity contribution in [2.45, 2.75) is 32.2 Å². The summed E-state index contributed by atoms with van der Waals surface area (Å²) in [6.45, 7) is 3.35. The monoisotopic (exact) mass is 308 g/mol. The van der Waals surface area contributed by atoms with E-state index >= 15 is 0 Å². The van der Waals surface area contributed by atoms with Crippen molar-refractivity contribution in [3.63, 3.8) is 0 Å². The summed E-state index contributed by atoms with van der Waals surface area (Å²) in [4.78, 5) is 17.7. The highest BCUT2D eigenvalue weighted by Crippen LogP contribution is 2.23. The molecular formula is C17H25ClN2O. The standard InChI is InChI=1S/C17H24N2O.ClH/c1-18-13-17(20)8-7-15-9-11-19(12-10-15)14-16-5-3-2-4-6-16;/h2-6,13,15H,7-12,14H2,1H3;1H. The summed E-state index contributed by atoms with van der Waals surface area (Å²) in [6, 6.07) is 10.6. The molecule has 1 aliphatic rings. The lowest BCUT2D eigenvalue weighted by atomic mass is 9.91. The smallest absolute Gasteiger partial charge is 0.173 e. The van der Waals surface area contributed by atoms with Crippen molar-refractivity contribution in [3.05, 3.63) is 35.9 Å². The normalized spacial score (nSPS) is 16.8. The molecule has 4 heteroatoms. The number of halogens is 1. The highest BCUT2D eigenvalue weighted by atomic mass is 35.5. The van der Waals surface area contributed by atoms with E-state index in [1.54, 1.807) is 7.05 Å². The summed E-state index contributed by atoms with van der Waals surface area (Å²) in [5, 5.41) is 0. The highest BCUT2D eigenvalue weighted by Gasteiger charge is 2.19. The summed E-state index contributed by atoms with van der Waals surface area (Å²) in [5.74, 6) is 0.871.